The summed E-state index contributed by atoms with van der Waals surface area (Å²) < 4.78 is 11.6. The molecule has 4 heterocycles. The fraction of sp³-hybridized carbons (Fsp3) is 0.667. The van der Waals surface area contributed by atoms with Crippen molar-refractivity contribution in [2.24, 2.45) is 5.92 Å². The second kappa shape index (κ2) is 5.93. The van der Waals surface area contributed by atoms with Crippen molar-refractivity contribution in [3.05, 3.63) is 33.6 Å². The Hall–Kier alpha value is -1.24. The molecule has 2 aromatic rings. The Morgan fingerprint density at radius 2 is 2.25 bits per heavy atom. The molecule has 0 radical (unpaired) electrons. The molecule has 0 aromatic carbocycles. The van der Waals surface area contributed by atoms with Crippen molar-refractivity contribution in [1.82, 2.24) is 15.0 Å². The highest BCUT2D eigenvalue weighted by Gasteiger charge is 2.41. The first-order chi connectivity index (χ1) is 11.7. The van der Waals surface area contributed by atoms with Gasteiger partial charge in [0.05, 0.1) is 17.5 Å². The Bertz CT molecular complexity index is 723. The number of ether oxygens (including phenoxy) is 1. The minimum atomic E-state index is 0.215. The first-order valence-electron chi connectivity index (χ1n) is 9.00. The van der Waals surface area contributed by atoms with Gasteiger partial charge in [0.2, 0.25) is 0 Å². The molecule has 3 aliphatic rings. The third kappa shape index (κ3) is 2.91. The van der Waals surface area contributed by atoms with Crippen LogP contribution in [0.5, 0.6) is 0 Å². The molecule has 1 aliphatic carbocycles. The lowest BCUT2D eigenvalue weighted by Crippen LogP contribution is -2.41. The molecule has 5 nitrogen and oxygen atoms in total. The van der Waals surface area contributed by atoms with Gasteiger partial charge in [-0.3, -0.25) is 4.90 Å². The predicted octanol–water partition coefficient (Wildman–Crippen LogP) is 3.67. The Kier molecular flexibility index (Phi) is 3.72. The molecule has 6 heteroatoms. The number of thiazole rings is 1. The minimum Gasteiger partial charge on any atom is -0.366 e. The Labute approximate surface area is 146 Å². The van der Waals surface area contributed by atoms with Gasteiger partial charge in [0.15, 0.2) is 0 Å². The molecule has 5 rings (SSSR count). The van der Waals surface area contributed by atoms with Crippen molar-refractivity contribution in [3.63, 3.8) is 0 Å². The standard InChI is InChI=1S/C18H23N3O2S/c1-11-6-14(20-23-11)8-21-5-4-13-7-16(22-17(13)9-21)18-19-15(10-24-18)12-2-3-12/h6,10,12-13,16-17H,2-5,7-9H2,1H3/t13-,16-,17+/m1/s1. The maximum Gasteiger partial charge on any atom is 0.133 e. The molecule has 0 unspecified atom stereocenters. The summed E-state index contributed by atoms with van der Waals surface area (Å²) in [5.74, 6) is 2.30. The van der Waals surface area contributed by atoms with Crippen molar-refractivity contribution < 1.29 is 9.26 Å². The zero-order valence-corrected chi connectivity index (χ0v) is 14.8. The second-order valence-corrected chi connectivity index (χ2v) is 8.39. The average molecular weight is 345 g/mol. The lowest BCUT2D eigenvalue weighted by molar-refractivity contribution is -0.00987. The summed E-state index contributed by atoms with van der Waals surface area (Å²) in [5.41, 5.74) is 2.32. The Morgan fingerprint density at radius 3 is 3.04 bits per heavy atom. The maximum atomic E-state index is 6.40. The fourth-order valence-electron chi connectivity index (χ4n) is 4.03. The van der Waals surface area contributed by atoms with Crippen molar-refractivity contribution in [2.45, 2.75) is 57.3 Å². The van der Waals surface area contributed by atoms with E-state index in [4.69, 9.17) is 14.2 Å². The summed E-state index contributed by atoms with van der Waals surface area (Å²) >= 11 is 1.79. The summed E-state index contributed by atoms with van der Waals surface area (Å²) in [6, 6.07) is 2.03. The van der Waals surface area contributed by atoms with E-state index in [-0.39, 0.29) is 6.10 Å². The van der Waals surface area contributed by atoms with E-state index in [9.17, 15) is 0 Å². The van der Waals surface area contributed by atoms with Gasteiger partial charge in [0.1, 0.15) is 16.9 Å². The number of hydrogen-bond acceptors (Lipinski definition) is 6. The van der Waals surface area contributed by atoms with Gasteiger partial charge in [-0.2, -0.15) is 0 Å². The van der Waals surface area contributed by atoms with Crippen LogP contribution in [0.15, 0.2) is 16.0 Å². The smallest absolute Gasteiger partial charge is 0.133 e. The van der Waals surface area contributed by atoms with Crippen LogP contribution >= 0.6 is 11.3 Å². The number of fused-ring (bicyclic) bond motifs is 1. The van der Waals surface area contributed by atoms with Crippen LogP contribution in [0.1, 0.15) is 59.9 Å². The number of piperidine rings is 1. The lowest BCUT2D eigenvalue weighted by atomic mass is 9.92. The van der Waals surface area contributed by atoms with Crippen molar-refractivity contribution in [2.75, 3.05) is 13.1 Å². The largest absolute Gasteiger partial charge is 0.366 e. The van der Waals surface area contributed by atoms with Crippen molar-refractivity contribution in [3.8, 4) is 0 Å². The number of likely N-dealkylation sites (tertiary alicyclic amines) is 1. The summed E-state index contributed by atoms with van der Waals surface area (Å²) in [7, 11) is 0. The molecule has 0 N–H and O–H groups in total. The predicted molar refractivity (Wildman–Crippen MR) is 90.9 cm³/mol. The molecule has 2 aromatic heterocycles. The number of aromatic nitrogens is 2. The minimum absolute atomic E-state index is 0.215. The van der Waals surface area contributed by atoms with E-state index in [1.807, 2.05) is 13.0 Å². The quantitative estimate of drug-likeness (QED) is 0.846. The van der Waals surface area contributed by atoms with Gasteiger partial charge in [-0.25, -0.2) is 4.98 Å². The SMILES string of the molecule is Cc1cc(CN2CC[C@@H]3C[C@H](c4nc(C5CC5)cs4)O[C@H]3C2)no1. The normalized spacial score (nSPS) is 30.6. The monoisotopic (exact) mass is 345 g/mol. The van der Waals surface area contributed by atoms with E-state index in [1.54, 1.807) is 11.3 Å². The third-order valence-electron chi connectivity index (χ3n) is 5.51. The van der Waals surface area contributed by atoms with Crippen molar-refractivity contribution in [1.29, 1.82) is 0 Å². The van der Waals surface area contributed by atoms with Crippen LogP contribution in [-0.4, -0.2) is 34.2 Å². The topological polar surface area (TPSA) is 51.4 Å². The zero-order valence-electron chi connectivity index (χ0n) is 14.0. The van der Waals surface area contributed by atoms with Crippen LogP contribution in [0.25, 0.3) is 0 Å². The summed E-state index contributed by atoms with van der Waals surface area (Å²) in [6.07, 6.45) is 5.53. The molecule has 128 valence electrons. The molecule has 3 atom stereocenters. The number of nitrogens with zero attached hydrogens (tertiary/aromatic N) is 3. The van der Waals surface area contributed by atoms with Gasteiger partial charge >= 0.3 is 0 Å². The van der Waals surface area contributed by atoms with Crippen LogP contribution in [-0.2, 0) is 11.3 Å². The van der Waals surface area contributed by atoms with Gasteiger partial charge in [-0.1, -0.05) is 5.16 Å². The van der Waals surface area contributed by atoms with Gasteiger partial charge in [-0.05, 0) is 45.1 Å². The summed E-state index contributed by atoms with van der Waals surface area (Å²) in [6.45, 7) is 4.91. The highest BCUT2D eigenvalue weighted by Crippen LogP contribution is 2.45. The van der Waals surface area contributed by atoms with Gasteiger partial charge < -0.3 is 9.26 Å². The Balaban J connectivity index is 1.22. The van der Waals surface area contributed by atoms with Crippen molar-refractivity contribution >= 4 is 11.3 Å². The molecule has 1 saturated carbocycles. The van der Waals surface area contributed by atoms with E-state index in [1.165, 1.54) is 30.0 Å². The molecular weight excluding hydrogens is 322 g/mol. The molecule has 0 spiro atoms. The molecule has 3 fully saturated rings. The fourth-order valence-corrected chi connectivity index (χ4v) is 4.98. The van der Waals surface area contributed by atoms with Gasteiger partial charge in [0, 0.05) is 30.5 Å². The molecular formula is C18H23N3O2S. The molecule has 0 bridgehead atoms. The zero-order chi connectivity index (χ0) is 16.1. The lowest BCUT2D eigenvalue weighted by Gasteiger charge is -2.33. The van der Waals surface area contributed by atoms with Crippen LogP contribution in [0, 0.1) is 12.8 Å². The van der Waals surface area contributed by atoms with Crippen LogP contribution in [0.4, 0.5) is 0 Å². The van der Waals surface area contributed by atoms with E-state index < -0.39 is 0 Å². The van der Waals surface area contributed by atoms with E-state index in [2.05, 4.69) is 15.4 Å². The average Bonchev–Trinajstić information content (AvgIpc) is 2.98. The number of rotatable bonds is 4. The van der Waals surface area contributed by atoms with Crippen LogP contribution in [0.3, 0.4) is 0 Å². The third-order valence-corrected chi connectivity index (χ3v) is 6.46. The molecule has 2 saturated heterocycles. The van der Waals surface area contributed by atoms with Gasteiger partial charge in [0.25, 0.3) is 0 Å². The maximum absolute atomic E-state index is 6.40. The van der Waals surface area contributed by atoms with E-state index in [0.29, 0.717) is 12.0 Å². The van der Waals surface area contributed by atoms with Crippen LogP contribution in [0.2, 0.25) is 0 Å². The first-order valence-corrected chi connectivity index (χ1v) is 9.88. The first kappa shape index (κ1) is 15.0. The van der Waals surface area contributed by atoms with E-state index >= 15 is 0 Å². The number of aryl methyl sites for hydroxylation is 1. The molecule has 0 amide bonds. The Morgan fingerprint density at radius 1 is 1.33 bits per heavy atom. The van der Waals surface area contributed by atoms with E-state index in [0.717, 1.165) is 43.4 Å². The second-order valence-electron chi connectivity index (χ2n) is 7.50. The summed E-state index contributed by atoms with van der Waals surface area (Å²) in [4.78, 5) is 7.30. The molecule has 2 aliphatic heterocycles. The highest BCUT2D eigenvalue weighted by molar-refractivity contribution is 7.09. The van der Waals surface area contributed by atoms with Gasteiger partial charge in [-0.15, -0.1) is 11.3 Å². The number of hydrogen-bond donors (Lipinski definition) is 0. The molecule has 24 heavy (non-hydrogen) atoms. The highest BCUT2D eigenvalue weighted by atomic mass is 32.1. The van der Waals surface area contributed by atoms with Crippen LogP contribution < -0.4 is 0 Å². The summed E-state index contributed by atoms with van der Waals surface area (Å²) in [5, 5.41) is 7.56.